The van der Waals surface area contributed by atoms with Crippen LogP contribution in [0.15, 0.2) is 18.3 Å². The zero-order chi connectivity index (χ0) is 12.3. The van der Waals surface area contributed by atoms with Crippen LogP contribution in [0.2, 0.25) is 0 Å². The van der Waals surface area contributed by atoms with Gasteiger partial charge in [0.25, 0.3) is 0 Å². The van der Waals surface area contributed by atoms with Gasteiger partial charge in [-0.1, -0.05) is 0 Å². The smallest absolute Gasteiger partial charge is 0.303 e. The number of anilines is 2. The molecule has 1 aliphatic heterocycles. The Morgan fingerprint density at radius 3 is 2.76 bits per heavy atom. The topological polar surface area (TPSA) is 97.5 Å². The van der Waals surface area contributed by atoms with Crippen molar-refractivity contribution in [1.82, 2.24) is 9.29 Å². The number of rotatable bonds is 3. The Morgan fingerprint density at radius 2 is 2.12 bits per heavy atom. The molecule has 8 heteroatoms. The van der Waals surface area contributed by atoms with Crippen molar-refractivity contribution in [3.8, 4) is 0 Å². The third-order valence-corrected chi connectivity index (χ3v) is 3.87. The molecule has 0 spiro atoms. The van der Waals surface area contributed by atoms with Gasteiger partial charge in [-0.3, -0.25) is 4.72 Å². The van der Waals surface area contributed by atoms with E-state index in [1.807, 2.05) is 0 Å². The monoisotopic (exact) mass is 258 g/mol. The molecule has 1 saturated heterocycles. The van der Waals surface area contributed by atoms with Crippen molar-refractivity contribution < 1.29 is 13.2 Å². The van der Waals surface area contributed by atoms with Gasteiger partial charge in [-0.25, -0.2) is 4.98 Å². The first-order chi connectivity index (χ1) is 8.09. The Bertz CT molecular complexity index is 485. The molecule has 0 radical (unpaired) electrons. The van der Waals surface area contributed by atoms with Gasteiger partial charge in [0.2, 0.25) is 0 Å². The summed E-state index contributed by atoms with van der Waals surface area (Å²) in [5.74, 6) is 0.152. The van der Waals surface area contributed by atoms with Gasteiger partial charge in [-0.05, 0) is 12.1 Å². The van der Waals surface area contributed by atoms with E-state index in [-0.39, 0.29) is 5.82 Å². The minimum absolute atomic E-state index is 0.152. The lowest BCUT2D eigenvalue weighted by molar-refractivity contribution is 0.0733. The summed E-state index contributed by atoms with van der Waals surface area (Å²) in [5, 5.41) is 0. The van der Waals surface area contributed by atoms with Crippen molar-refractivity contribution in [3.05, 3.63) is 18.3 Å². The fraction of sp³-hybridized carbons (Fsp3) is 0.444. The maximum atomic E-state index is 12.0. The molecule has 2 rings (SSSR count). The first kappa shape index (κ1) is 12.1. The molecular formula is C9H14N4O3S. The fourth-order valence-electron chi connectivity index (χ4n) is 1.48. The molecule has 2 heterocycles. The van der Waals surface area contributed by atoms with E-state index in [0.717, 1.165) is 0 Å². The molecule has 17 heavy (non-hydrogen) atoms. The van der Waals surface area contributed by atoms with E-state index < -0.39 is 10.2 Å². The number of ether oxygens (including phenoxy) is 1. The van der Waals surface area contributed by atoms with Crippen LogP contribution < -0.4 is 10.5 Å². The predicted octanol–water partition coefficient (Wildman–Crippen LogP) is -0.347. The van der Waals surface area contributed by atoms with Crippen LogP contribution in [0.25, 0.3) is 0 Å². The van der Waals surface area contributed by atoms with Crippen LogP contribution in [-0.2, 0) is 14.9 Å². The number of hydrogen-bond acceptors (Lipinski definition) is 5. The largest absolute Gasteiger partial charge is 0.396 e. The summed E-state index contributed by atoms with van der Waals surface area (Å²) in [6.45, 7) is 1.47. The average Bonchev–Trinajstić information content (AvgIpc) is 2.33. The van der Waals surface area contributed by atoms with Crippen molar-refractivity contribution in [2.45, 2.75) is 0 Å². The summed E-state index contributed by atoms with van der Waals surface area (Å²) in [5.41, 5.74) is 5.92. The van der Waals surface area contributed by atoms with Gasteiger partial charge in [0.15, 0.2) is 5.82 Å². The van der Waals surface area contributed by atoms with Crippen LogP contribution in [0.1, 0.15) is 0 Å². The number of nitrogens with zero attached hydrogens (tertiary/aromatic N) is 2. The molecule has 1 aromatic heterocycles. The van der Waals surface area contributed by atoms with E-state index in [1.54, 1.807) is 12.1 Å². The lowest BCUT2D eigenvalue weighted by Gasteiger charge is -2.26. The third-order valence-electron chi connectivity index (χ3n) is 2.37. The fourth-order valence-corrected chi connectivity index (χ4v) is 2.65. The molecule has 94 valence electrons. The first-order valence-electron chi connectivity index (χ1n) is 5.16. The third kappa shape index (κ3) is 2.84. The Hall–Kier alpha value is -1.38. The van der Waals surface area contributed by atoms with Gasteiger partial charge in [0, 0.05) is 19.3 Å². The number of nitrogens with one attached hydrogen (secondary N) is 1. The van der Waals surface area contributed by atoms with Crippen molar-refractivity contribution in [2.24, 2.45) is 0 Å². The Morgan fingerprint density at radius 1 is 1.41 bits per heavy atom. The molecule has 1 aromatic rings. The Kier molecular flexibility index (Phi) is 3.46. The first-order valence-corrected chi connectivity index (χ1v) is 6.60. The zero-order valence-corrected chi connectivity index (χ0v) is 9.98. The lowest BCUT2D eigenvalue weighted by Crippen LogP contribution is -2.43. The molecule has 0 unspecified atom stereocenters. The average molecular weight is 258 g/mol. The summed E-state index contributed by atoms with van der Waals surface area (Å²) >= 11 is 0. The van der Waals surface area contributed by atoms with Crippen LogP contribution in [0, 0.1) is 0 Å². The van der Waals surface area contributed by atoms with E-state index in [0.29, 0.717) is 32.0 Å². The normalized spacial score (nSPS) is 17.9. The maximum Gasteiger partial charge on any atom is 0.303 e. The van der Waals surface area contributed by atoms with Crippen molar-refractivity contribution in [2.75, 3.05) is 36.8 Å². The van der Waals surface area contributed by atoms with Gasteiger partial charge in [-0.2, -0.15) is 12.7 Å². The summed E-state index contributed by atoms with van der Waals surface area (Å²) in [6, 6.07) is 3.23. The predicted molar refractivity (Wildman–Crippen MR) is 63.6 cm³/mol. The van der Waals surface area contributed by atoms with Crippen LogP contribution in [0.5, 0.6) is 0 Å². The van der Waals surface area contributed by atoms with E-state index in [4.69, 9.17) is 10.5 Å². The number of nitrogen functional groups attached to an aromatic ring is 1. The summed E-state index contributed by atoms with van der Waals surface area (Å²) in [6.07, 6.45) is 1.48. The van der Waals surface area contributed by atoms with E-state index >= 15 is 0 Å². The Labute approximate surface area is 99.8 Å². The molecule has 0 aromatic carbocycles. The van der Waals surface area contributed by atoms with Crippen LogP contribution in [0.4, 0.5) is 11.5 Å². The van der Waals surface area contributed by atoms with E-state index in [2.05, 4.69) is 9.71 Å². The minimum Gasteiger partial charge on any atom is -0.396 e. The molecule has 3 N–H and O–H groups in total. The standard InChI is InChI=1S/C9H14N4O3S/c10-8-2-1-3-11-9(8)12-17(14,15)13-4-6-16-7-5-13/h1-3H,4-7,10H2,(H,11,12). The lowest BCUT2D eigenvalue weighted by atomic mass is 10.4. The van der Waals surface area contributed by atoms with Gasteiger partial charge in [0.05, 0.1) is 18.9 Å². The molecule has 0 aliphatic carbocycles. The molecule has 1 fully saturated rings. The van der Waals surface area contributed by atoms with Crippen LogP contribution in [0.3, 0.4) is 0 Å². The second-order valence-electron chi connectivity index (χ2n) is 3.56. The molecule has 0 saturated carbocycles. The van der Waals surface area contributed by atoms with Crippen molar-refractivity contribution in [3.63, 3.8) is 0 Å². The van der Waals surface area contributed by atoms with E-state index in [1.165, 1.54) is 10.5 Å². The highest BCUT2D eigenvalue weighted by atomic mass is 32.2. The number of morpholine rings is 1. The molecular weight excluding hydrogens is 244 g/mol. The molecule has 1 aliphatic rings. The molecule has 7 nitrogen and oxygen atoms in total. The van der Waals surface area contributed by atoms with E-state index in [9.17, 15) is 8.42 Å². The minimum atomic E-state index is -3.60. The van der Waals surface area contributed by atoms with Gasteiger partial charge < -0.3 is 10.5 Å². The Balaban J connectivity index is 2.14. The highest BCUT2D eigenvalue weighted by Gasteiger charge is 2.24. The van der Waals surface area contributed by atoms with Crippen LogP contribution >= 0.6 is 0 Å². The number of hydrogen-bond donors (Lipinski definition) is 2. The summed E-state index contributed by atoms with van der Waals surface area (Å²) < 4.78 is 32.7. The van der Waals surface area contributed by atoms with Gasteiger partial charge >= 0.3 is 10.2 Å². The highest BCUT2D eigenvalue weighted by molar-refractivity contribution is 7.90. The number of pyridine rings is 1. The second-order valence-corrected chi connectivity index (χ2v) is 5.23. The zero-order valence-electron chi connectivity index (χ0n) is 9.17. The van der Waals surface area contributed by atoms with Gasteiger partial charge in [-0.15, -0.1) is 0 Å². The second kappa shape index (κ2) is 4.86. The maximum absolute atomic E-state index is 12.0. The van der Waals surface area contributed by atoms with Crippen molar-refractivity contribution >= 4 is 21.7 Å². The number of nitrogens with two attached hydrogens (primary N) is 1. The molecule has 0 bridgehead atoms. The molecule has 0 amide bonds. The summed E-state index contributed by atoms with van der Waals surface area (Å²) in [7, 11) is -3.60. The van der Waals surface area contributed by atoms with Crippen LogP contribution in [-0.4, -0.2) is 44.0 Å². The van der Waals surface area contributed by atoms with Crippen molar-refractivity contribution in [1.29, 1.82) is 0 Å². The highest BCUT2D eigenvalue weighted by Crippen LogP contribution is 2.16. The number of aromatic nitrogens is 1. The SMILES string of the molecule is Nc1cccnc1NS(=O)(=O)N1CCOCC1. The summed E-state index contributed by atoms with van der Waals surface area (Å²) in [4.78, 5) is 3.89. The quantitative estimate of drug-likeness (QED) is 0.772. The molecule has 0 atom stereocenters. The van der Waals surface area contributed by atoms with Gasteiger partial charge in [0.1, 0.15) is 0 Å².